The Kier molecular flexibility index (Phi) is 5.61. The van der Waals surface area contributed by atoms with E-state index in [-0.39, 0.29) is 5.91 Å². The second-order valence-corrected chi connectivity index (χ2v) is 7.17. The third-order valence-corrected chi connectivity index (χ3v) is 4.98. The van der Waals surface area contributed by atoms with Crippen LogP contribution in [0.25, 0.3) is 10.9 Å². The van der Waals surface area contributed by atoms with E-state index in [2.05, 4.69) is 28.5 Å². The predicted molar refractivity (Wildman–Crippen MR) is 116 cm³/mol. The molecule has 4 rings (SSSR count). The quantitative estimate of drug-likeness (QED) is 0.470. The van der Waals surface area contributed by atoms with E-state index in [1.807, 2.05) is 67.7 Å². The number of ether oxygens (including phenoxy) is 1. The van der Waals surface area contributed by atoms with Gasteiger partial charge in [-0.3, -0.25) is 4.79 Å². The number of hydrogen-bond donors (Lipinski definition) is 2. The first kappa shape index (κ1) is 18.8. The van der Waals surface area contributed by atoms with Crippen molar-refractivity contribution >= 4 is 16.8 Å². The fourth-order valence-electron chi connectivity index (χ4n) is 3.32. The molecule has 0 spiro atoms. The molecule has 0 aliphatic heterocycles. The minimum absolute atomic E-state index is 0.0403. The van der Waals surface area contributed by atoms with Gasteiger partial charge in [0.05, 0.1) is 0 Å². The fourth-order valence-corrected chi connectivity index (χ4v) is 3.32. The van der Waals surface area contributed by atoms with E-state index < -0.39 is 0 Å². The first-order valence-electron chi connectivity index (χ1n) is 9.81. The van der Waals surface area contributed by atoms with E-state index in [0.29, 0.717) is 18.7 Å². The Morgan fingerprint density at radius 3 is 2.59 bits per heavy atom. The molecule has 29 heavy (non-hydrogen) atoms. The number of rotatable bonds is 7. The minimum atomic E-state index is -0.0403. The van der Waals surface area contributed by atoms with Crippen molar-refractivity contribution in [3.63, 3.8) is 0 Å². The highest BCUT2D eigenvalue weighted by atomic mass is 16.5. The zero-order valence-electron chi connectivity index (χ0n) is 16.4. The van der Waals surface area contributed by atoms with Crippen molar-refractivity contribution in [2.45, 2.75) is 20.0 Å². The van der Waals surface area contributed by atoms with Crippen LogP contribution in [0.2, 0.25) is 0 Å². The molecule has 0 unspecified atom stereocenters. The van der Waals surface area contributed by atoms with Gasteiger partial charge in [-0.05, 0) is 48.7 Å². The average Bonchev–Trinajstić information content (AvgIpc) is 3.16. The van der Waals surface area contributed by atoms with Gasteiger partial charge in [0.1, 0.15) is 12.4 Å². The summed E-state index contributed by atoms with van der Waals surface area (Å²) in [5, 5.41) is 4.15. The predicted octanol–water partition coefficient (Wildman–Crippen LogP) is 5.03. The zero-order chi connectivity index (χ0) is 20.1. The van der Waals surface area contributed by atoms with Gasteiger partial charge in [0.2, 0.25) is 0 Å². The number of hydrogen-bond acceptors (Lipinski definition) is 2. The van der Waals surface area contributed by atoms with Gasteiger partial charge in [-0.2, -0.15) is 0 Å². The number of nitrogens with one attached hydrogen (secondary N) is 2. The van der Waals surface area contributed by atoms with E-state index in [1.165, 1.54) is 5.56 Å². The van der Waals surface area contributed by atoms with Gasteiger partial charge >= 0.3 is 0 Å². The Morgan fingerprint density at radius 2 is 1.79 bits per heavy atom. The summed E-state index contributed by atoms with van der Waals surface area (Å²) in [5.41, 5.74) is 5.19. The van der Waals surface area contributed by atoms with Crippen LogP contribution < -0.4 is 10.1 Å². The Morgan fingerprint density at radius 1 is 1.00 bits per heavy atom. The molecule has 3 aromatic carbocycles. The van der Waals surface area contributed by atoms with Gasteiger partial charge < -0.3 is 15.0 Å². The first-order valence-corrected chi connectivity index (χ1v) is 9.81. The highest BCUT2D eigenvalue weighted by molar-refractivity contribution is 5.94. The molecular formula is C25H24N2O2. The number of amides is 1. The molecule has 146 valence electrons. The highest BCUT2D eigenvalue weighted by Gasteiger charge is 2.08. The monoisotopic (exact) mass is 384 g/mol. The van der Waals surface area contributed by atoms with Crippen LogP contribution >= 0.6 is 0 Å². The van der Waals surface area contributed by atoms with E-state index in [4.69, 9.17) is 4.74 Å². The summed E-state index contributed by atoms with van der Waals surface area (Å²) >= 11 is 0. The maximum atomic E-state index is 12.2. The SMILES string of the molecule is Cc1ccc(C(=O)NCCc2c[nH]c3cc(OCc4ccccc4)ccc23)cc1. The molecule has 2 N–H and O–H groups in total. The van der Waals surface area contributed by atoms with Crippen LogP contribution in [0.5, 0.6) is 5.75 Å². The van der Waals surface area contributed by atoms with Crippen LogP contribution in [0.1, 0.15) is 27.0 Å². The smallest absolute Gasteiger partial charge is 0.251 e. The van der Waals surface area contributed by atoms with Crippen molar-refractivity contribution in [1.82, 2.24) is 10.3 Å². The lowest BCUT2D eigenvalue weighted by molar-refractivity contribution is 0.0954. The normalized spacial score (nSPS) is 10.8. The Hall–Kier alpha value is -3.53. The number of aromatic amines is 1. The molecule has 1 heterocycles. The molecule has 4 heteroatoms. The van der Waals surface area contributed by atoms with Crippen molar-refractivity contribution in [2.75, 3.05) is 6.54 Å². The molecular weight excluding hydrogens is 360 g/mol. The molecule has 0 atom stereocenters. The van der Waals surface area contributed by atoms with Gasteiger partial charge in [-0.15, -0.1) is 0 Å². The highest BCUT2D eigenvalue weighted by Crippen LogP contribution is 2.24. The molecule has 0 aliphatic rings. The molecule has 0 aliphatic carbocycles. The standard InChI is InChI=1S/C25H24N2O2/c1-18-7-9-20(10-8-18)25(28)26-14-13-21-16-27-24-15-22(11-12-23(21)24)29-17-19-5-3-2-4-6-19/h2-12,15-16,27H,13-14,17H2,1H3,(H,26,28). The molecule has 0 fully saturated rings. The third-order valence-electron chi connectivity index (χ3n) is 4.98. The summed E-state index contributed by atoms with van der Waals surface area (Å²) < 4.78 is 5.90. The second kappa shape index (κ2) is 8.65. The largest absolute Gasteiger partial charge is 0.489 e. The molecule has 0 saturated heterocycles. The summed E-state index contributed by atoms with van der Waals surface area (Å²) in [4.78, 5) is 15.6. The van der Waals surface area contributed by atoms with E-state index in [9.17, 15) is 4.79 Å². The van der Waals surface area contributed by atoms with Crippen molar-refractivity contribution in [1.29, 1.82) is 0 Å². The van der Waals surface area contributed by atoms with Crippen LogP contribution in [-0.4, -0.2) is 17.4 Å². The van der Waals surface area contributed by atoms with Gasteiger partial charge in [0, 0.05) is 35.3 Å². The molecule has 4 aromatic rings. The van der Waals surface area contributed by atoms with Crippen molar-refractivity contribution in [2.24, 2.45) is 0 Å². The van der Waals surface area contributed by atoms with Crippen LogP contribution in [0, 0.1) is 6.92 Å². The summed E-state index contributed by atoms with van der Waals surface area (Å²) in [6, 6.07) is 23.8. The molecule has 0 radical (unpaired) electrons. The maximum Gasteiger partial charge on any atom is 0.251 e. The first-order chi connectivity index (χ1) is 14.2. The van der Waals surface area contributed by atoms with Crippen molar-refractivity contribution < 1.29 is 9.53 Å². The molecule has 1 amide bonds. The Bertz CT molecular complexity index is 1100. The van der Waals surface area contributed by atoms with E-state index >= 15 is 0 Å². The lowest BCUT2D eigenvalue weighted by Crippen LogP contribution is -2.25. The van der Waals surface area contributed by atoms with Gasteiger partial charge in [-0.1, -0.05) is 48.0 Å². The van der Waals surface area contributed by atoms with Crippen molar-refractivity contribution in [3.05, 3.63) is 101 Å². The van der Waals surface area contributed by atoms with Gasteiger partial charge in [0.15, 0.2) is 0 Å². The van der Waals surface area contributed by atoms with Crippen LogP contribution in [0.4, 0.5) is 0 Å². The fraction of sp³-hybridized carbons (Fsp3) is 0.160. The lowest BCUT2D eigenvalue weighted by atomic mass is 10.1. The molecule has 1 aromatic heterocycles. The van der Waals surface area contributed by atoms with E-state index in [0.717, 1.165) is 34.2 Å². The maximum absolute atomic E-state index is 12.2. The topological polar surface area (TPSA) is 54.1 Å². The number of H-pyrrole nitrogens is 1. The number of carbonyl (C=O) groups is 1. The van der Waals surface area contributed by atoms with Crippen molar-refractivity contribution in [3.8, 4) is 5.75 Å². The number of fused-ring (bicyclic) bond motifs is 1. The summed E-state index contributed by atoms with van der Waals surface area (Å²) in [5.74, 6) is 0.795. The van der Waals surface area contributed by atoms with Gasteiger partial charge in [-0.25, -0.2) is 0 Å². The molecule has 4 nitrogen and oxygen atoms in total. The number of aryl methyl sites for hydroxylation is 1. The van der Waals surface area contributed by atoms with E-state index in [1.54, 1.807) is 0 Å². The number of carbonyl (C=O) groups excluding carboxylic acids is 1. The molecule has 0 bridgehead atoms. The number of aromatic nitrogens is 1. The van der Waals surface area contributed by atoms with Crippen LogP contribution in [0.15, 0.2) is 79.0 Å². The zero-order valence-corrected chi connectivity index (χ0v) is 16.4. The Labute approximate surface area is 170 Å². The van der Waals surface area contributed by atoms with Crippen LogP contribution in [-0.2, 0) is 13.0 Å². The molecule has 0 saturated carbocycles. The minimum Gasteiger partial charge on any atom is -0.489 e. The lowest BCUT2D eigenvalue weighted by Gasteiger charge is -2.07. The summed E-state index contributed by atoms with van der Waals surface area (Å²) in [7, 11) is 0. The number of benzene rings is 3. The average molecular weight is 384 g/mol. The third kappa shape index (κ3) is 4.66. The Balaban J connectivity index is 1.35. The second-order valence-electron chi connectivity index (χ2n) is 7.17. The van der Waals surface area contributed by atoms with Gasteiger partial charge in [0.25, 0.3) is 5.91 Å². The summed E-state index contributed by atoms with van der Waals surface area (Å²) in [6.07, 6.45) is 2.77. The summed E-state index contributed by atoms with van der Waals surface area (Å²) in [6.45, 7) is 3.15. The van der Waals surface area contributed by atoms with Crippen LogP contribution in [0.3, 0.4) is 0 Å².